The first kappa shape index (κ1) is 15.5. The van der Waals surface area contributed by atoms with Crippen molar-refractivity contribution < 1.29 is 22.7 Å². The second-order valence-electron chi connectivity index (χ2n) is 4.63. The highest BCUT2D eigenvalue weighted by molar-refractivity contribution is 7.88. The van der Waals surface area contributed by atoms with E-state index in [1.165, 1.54) is 6.07 Å². The molecular formula is C13H16N2O5S. The van der Waals surface area contributed by atoms with Gasteiger partial charge in [0.05, 0.1) is 6.26 Å². The van der Waals surface area contributed by atoms with Gasteiger partial charge in [0.2, 0.25) is 15.8 Å². The lowest BCUT2D eigenvalue weighted by atomic mass is 10.1. The van der Waals surface area contributed by atoms with E-state index in [0.29, 0.717) is 25.2 Å². The molecule has 0 unspecified atom stereocenters. The lowest BCUT2D eigenvalue weighted by molar-refractivity contribution is 0.0665. The Bertz CT molecular complexity index is 751. The Balaban J connectivity index is 1.92. The van der Waals surface area contributed by atoms with Crippen molar-refractivity contribution in [3.63, 3.8) is 0 Å². The Kier molecular flexibility index (Phi) is 4.61. The number of furan rings is 1. The Hall–Kier alpha value is -1.90. The van der Waals surface area contributed by atoms with Crippen LogP contribution in [0.25, 0.3) is 11.0 Å². The molecule has 0 bridgehead atoms. The SMILES string of the molecule is CS(=O)(=O)NCCNCc1ccc2oc(C(=O)O)cc2c1. The fraction of sp³-hybridized carbons (Fsp3) is 0.308. The van der Waals surface area contributed by atoms with Gasteiger partial charge in [0.25, 0.3) is 0 Å². The minimum atomic E-state index is -3.16. The summed E-state index contributed by atoms with van der Waals surface area (Å²) in [6, 6.07) is 6.86. The first-order chi connectivity index (χ1) is 9.85. The van der Waals surface area contributed by atoms with Gasteiger partial charge in [0.1, 0.15) is 5.58 Å². The van der Waals surface area contributed by atoms with Crippen molar-refractivity contribution in [1.29, 1.82) is 0 Å². The first-order valence-electron chi connectivity index (χ1n) is 6.26. The van der Waals surface area contributed by atoms with Gasteiger partial charge in [-0.05, 0) is 23.8 Å². The molecule has 0 atom stereocenters. The number of carboxylic acid groups (broad SMARTS) is 1. The van der Waals surface area contributed by atoms with Crippen molar-refractivity contribution >= 4 is 27.0 Å². The first-order valence-corrected chi connectivity index (χ1v) is 8.15. The fourth-order valence-electron chi connectivity index (χ4n) is 1.87. The van der Waals surface area contributed by atoms with E-state index in [1.54, 1.807) is 6.07 Å². The molecule has 8 heteroatoms. The van der Waals surface area contributed by atoms with Crippen molar-refractivity contribution in [2.75, 3.05) is 19.3 Å². The van der Waals surface area contributed by atoms with E-state index >= 15 is 0 Å². The summed E-state index contributed by atoms with van der Waals surface area (Å²) >= 11 is 0. The maximum Gasteiger partial charge on any atom is 0.371 e. The second-order valence-corrected chi connectivity index (χ2v) is 6.46. The van der Waals surface area contributed by atoms with E-state index in [0.717, 1.165) is 17.2 Å². The third kappa shape index (κ3) is 4.55. The number of hydrogen-bond donors (Lipinski definition) is 3. The molecule has 1 aromatic heterocycles. The third-order valence-electron chi connectivity index (χ3n) is 2.79. The normalized spacial score (nSPS) is 11.9. The third-order valence-corrected chi connectivity index (χ3v) is 3.52. The van der Waals surface area contributed by atoms with E-state index in [2.05, 4.69) is 10.0 Å². The quantitative estimate of drug-likeness (QED) is 0.652. The minimum Gasteiger partial charge on any atom is -0.475 e. The Morgan fingerprint density at radius 2 is 2.05 bits per heavy atom. The number of hydrogen-bond acceptors (Lipinski definition) is 5. The molecule has 0 amide bonds. The maximum atomic E-state index is 10.9. The van der Waals surface area contributed by atoms with Gasteiger partial charge >= 0.3 is 5.97 Å². The summed E-state index contributed by atoms with van der Waals surface area (Å²) in [6.45, 7) is 1.36. The van der Waals surface area contributed by atoms with Crippen LogP contribution in [0.4, 0.5) is 0 Å². The van der Waals surface area contributed by atoms with Gasteiger partial charge in [-0.1, -0.05) is 6.07 Å². The smallest absolute Gasteiger partial charge is 0.371 e. The summed E-state index contributed by atoms with van der Waals surface area (Å²) in [5, 5.41) is 12.7. The molecule has 1 heterocycles. The lowest BCUT2D eigenvalue weighted by Gasteiger charge is -2.05. The van der Waals surface area contributed by atoms with Gasteiger partial charge in [0.15, 0.2) is 0 Å². The summed E-state index contributed by atoms with van der Waals surface area (Å²) in [4.78, 5) is 10.8. The number of rotatable bonds is 7. The van der Waals surface area contributed by atoms with Gasteiger partial charge in [0, 0.05) is 25.0 Å². The van der Waals surface area contributed by atoms with Crippen LogP contribution in [0.5, 0.6) is 0 Å². The standard InChI is InChI=1S/C13H16N2O5S/c1-21(18,19)15-5-4-14-8-9-2-3-11-10(6-9)7-12(20-11)13(16)17/h2-3,6-7,14-15H,4-5,8H2,1H3,(H,16,17). The molecule has 114 valence electrons. The van der Waals surface area contributed by atoms with Gasteiger partial charge in [-0.15, -0.1) is 0 Å². The molecule has 0 aliphatic rings. The molecule has 0 fully saturated rings. The van der Waals surface area contributed by atoms with Crippen molar-refractivity contribution in [2.24, 2.45) is 0 Å². The average molecular weight is 312 g/mol. The molecule has 21 heavy (non-hydrogen) atoms. The molecule has 0 radical (unpaired) electrons. The second kappa shape index (κ2) is 6.25. The Morgan fingerprint density at radius 3 is 2.71 bits per heavy atom. The largest absolute Gasteiger partial charge is 0.475 e. The van der Waals surface area contributed by atoms with Gasteiger partial charge in [-0.25, -0.2) is 17.9 Å². The van der Waals surface area contributed by atoms with Crippen molar-refractivity contribution in [3.8, 4) is 0 Å². The van der Waals surface area contributed by atoms with Gasteiger partial charge in [-0.3, -0.25) is 0 Å². The molecular weight excluding hydrogens is 296 g/mol. The fourth-order valence-corrected chi connectivity index (χ4v) is 2.34. The highest BCUT2D eigenvalue weighted by Crippen LogP contribution is 2.20. The van der Waals surface area contributed by atoms with Crippen LogP contribution >= 0.6 is 0 Å². The summed E-state index contributed by atoms with van der Waals surface area (Å²) in [7, 11) is -3.16. The van der Waals surface area contributed by atoms with Crippen LogP contribution in [-0.2, 0) is 16.6 Å². The zero-order valence-corrected chi connectivity index (χ0v) is 12.2. The summed E-state index contributed by atoms with van der Waals surface area (Å²) in [5.41, 5.74) is 1.48. The molecule has 0 aliphatic carbocycles. The predicted molar refractivity (Wildman–Crippen MR) is 77.7 cm³/mol. The van der Waals surface area contributed by atoms with Crippen LogP contribution in [0.1, 0.15) is 16.1 Å². The van der Waals surface area contributed by atoms with Crippen LogP contribution in [-0.4, -0.2) is 38.8 Å². The number of benzene rings is 1. The van der Waals surface area contributed by atoms with Crippen molar-refractivity contribution in [1.82, 2.24) is 10.0 Å². The van der Waals surface area contributed by atoms with E-state index in [4.69, 9.17) is 9.52 Å². The zero-order valence-electron chi connectivity index (χ0n) is 11.4. The summed E-state index contributed by atoms with van der Waals surface area (Å²) in [5.74, 6) is -1.19. The Morgan fingerprint density at radius 1 is 1.29 bits per heavy atom. The number of sulfonamides is 1. The molecule has 3 N–H and O–H groups in total. The van der Waals surface area contributed by atoms with E-state index < -0.39 is 16.0 Å². The van der Waals surface area contributed by atoms with Crippen LogP contribution in [0.15, 0.2) is 28.7 Å². The van der Waals surface area contributed by atoms with Crippen LogP contribution in [0.3, 0.4) is 0 Å². The monoisotopic (exact) mass is 312 g/mol. The molecule has 0 spiro atoms. The highest BCUT2D eigenvalue weighted by Gasteiger charge is 2.10. The predicted octanol–water partition coefficient (Wildman–Crippen LogP) is 0.770. The van der Waals surface area contributed by atoms with Gasteiger partial charge in [-0.2, -0.15) is 0 Å². The maximum absolute atomic E-state index is 10.9. The summed E-state index contributed by atoms with van der Waals surface area (Å²) in [6.07, 6.45) is 1.11. The van der Waals surface area contributed by atoms with Crippen LogP contribution in [0, 0.1) is 0 Å². The molecule has 1 aromatic carbocycles. The van der Waals surface area contributed by atoms with Crippen LogP contribution < -0.4 is 10.0 Å². The lowest BCUT2D eigenvalue weighted by Crippen LogP contribution is -2.30. The number of nitrogens with one attached hydrogen (secondary N) is 2. The number of carboxylic acids is 1. The number of carbonyl (C=O) groups is 1. The zero-order chi connectivity index (χ0) is 15.5. The molecule has 2 rings (SSSR count). The molecule has 7 nitrogen and oxygen atoms in total. The molecule has 0 saturated heterocycles. The molecule has 0 aliphatic heterocycles. The summed E-state index contributed by atoms with van der Waals surface area (Å²) < 4.78 is 29.3. The topological polar surface area (TPSA) is 109 Å². The number of aromatic carboxylic acids is 1. The van der Waals surface area contributed by atoms with Crippen molar-refractivity contribution in [2.45, 2.75) is 6.54 Å². The number of fused-ring (bicyclic) bond motifs is 1. The van der Waals surface area contributed by atoms with E-state index in [-0.39, 0.29) is 5.76 Å². The van der Waals surface area contributed by atoms with Crippen molar-refractivity contribution in [3.05, 3.63) is 35.6 Å². The minimum absolute atomic E-state index is 0.0903. The average Bonchev–Trinajstić information content (AvgIpc) is 2.80. The van der Waals surface area contributed by atoms with E-state index in [1.807, 2.05) is 12.1 Å². The molecule has 2 aromatic rings. The molecule has 0 saturated carbocycles. The van der Waals surface area contributed by atoms with E-state index in [9.17, 15) is 13.2 Å². The van der Waals surface area contributed by atoms with Gasteiger partial charge < -0.3 is 14.8 Å². The highest BCUT2D eigenvalue weighted by atomic mass is 32.2. The van der Waals surface area contributed by atoms with Crippen LogP contribution in [0.2, 0.25) is 0 Å². The Labute approximate surface area is 122 Å².